The summed E-state index contributed by atoms with van der Waals surface area (Å²) in [5.41, 5.74) is 3.58. The van der Waals surface area contributed by atoms with Gasteiger partial charge in [-0.2, -0.15) is 10.0 Å². The van der Waals surface area contributed by atoms with Crippen LogP contribution in [0.25, 0.3) is 0 Å². The Kier molecular flexibility index (Phi) is 7.69. The predicted molar refractivity (Wildman–Crippen MR) is 117 cm³/mol. The highest BCUT2D eigenvalue weighted by molar-refractivity contribution is 6.32. The molecule has 1 aliphatic heterocycles. The Balaban J connectivity index is 1.58. The number of piperazine rings is 1. The van der Waals surface area contributed by atoms with E-state index in [2.05, 4.69) is 20.6 Å². The zero-order valence-electron chi connectivity index (χ0n) is 17.6. The van der Waals surface area contributed by atoms with Gasteiger partial charge >= 0.3 is 11.9 Å². The number of nitrogens with zero attached hydrogens (tertiary/aromatic N) is 3. The third-order valence-electron chi connectivity index (χ3n) is 5.17. The summed E-state index contributed by atoms with van der Waals surface area (Å²) in [5, 5.41) is 2.89. The molecule has 9 heteroatoms. The van der Waals surface area contributed by atoms with Gasteiger partial charge in [0.25, 0.3) is 5.82 Å². The molecule has 2 heterocycles. The highest BCUT2D eigenvalue weighted by Crippen LogP contribution is 2.20. The number of amides is 2. The van der Waals surface area contributed by atoms with Crippen LogP contribution in [0.2, 0.25) is 0 Å². The van der Waals surface area contributed by atoms with Crippen LogP contribution in [-0.2, 0) is 19.1 Å². The third-order valence-corrected chi connectivity index (χ3v) is 5.17. The first-order valence-corrected chi connectivity index (χ1v) is 10.4. The van der Waals surface area contributed by atoms with E-state index < -0.39 is 11.9 Å². The summed E-state index contributed by atoms with van der Waals surface area (Å²) in [7, 11) is 0. The summed E-state index contributed by atoms with van der Waals surface area (Å²) in [6.45, 7) is 4.70. The first-order chi connectivity index (χ1) is 15.0. The lowest BCUT2D eigenvalue weighted by atomic mass is 10.2. The molecule has 1 aromatic carbocycles. The minimum absolute atomic E-state index is 0.0436. The standard InChI is InChI=1S/C22H27N5O4/c1-2-31-22(30)21(29)25-27(19-10-6-7-12-23-19)16-14-26(15-17-27)13-11-20(28)24-18-8-4-3-5-9-18/h3-10,12H,2,11,13-17H2,1H3,(H-,24,25,28,29)/p+1. The normalized spacial score (nSPS) is 15.6. The average molecular weight is 426 g/mol. The number of ether oxygens (including phenoxy) is 1. The van der Waals surface area contributed by atoms with Gasteiger partial charge in [-0.1, -0.05) is 24.3 Å². The molecule has 164 valence electrons. The second-order valence-electron chi connectivity index (χ2n) is 7.27. The lowest BCUT2D eigenvalue weighted by Crippen LogP contribution is -2.70. The van der Waals surface area contributed by atoms with E-state index in [0.717, 1.165) is 5.69 Å². The summed E-state index contributed by atoms with van der Waals surface area (Å²) in [5.74, 6) is -1.08. The number of anilines is 1. The Labute approximate surface area is 181 Å². The number of nitrogens with one attached hydrogen (secondary N) is 2. The van der Waals surface area contributed by atoms with Gasteiger partial charge in [-0.15, -0.1) is 0 Å². The van der Waals surface area contributed by atoms with E-state index in [0.29, 0.717) is 45.0 Å². The number of benzene rings is 1. The maximum absolute atomic E-state index is 12.4. The van der Waals surface area contributed by atoms with E-state index in [4.69, 9.17) is 4.74 Å². The highest BCUT2D eigenvalue weighted by atomic mass is 16.5. The largest absolute Gasteiger partial charge is 0.459 e. The molecule has 0 aliphatic carbocycles. The number of rotatable bonds is 7. The summed E-state index contributed by atoms with van der Waals surface area (Å²) < 4.78 is 4.89. The molecule has 2 N–H and O–H groups in total. The minimum Gasteiger partial charge on any atom is -0.459 e. The van der Waals surface area contributed by atoms with E-state index in [9.17, 15) is 14.4 Å². The number of esters is 1. The Hall–Kier alpha value is -3.30. The average Bonchev–Trinajstić information content (AvgIpc) is 2.80. The van der Waals surface area contributed by atoms with Crippen LogP contribution in [0.15, 0.2) is 54.7 Å². The molecule has 3 rings (SSSR count). The maximum atomic E-state index is 12.4. The highest BCUT2D eigenvalue weighted by Gasteiger charge is 2.40. The van der Waals surface area contributed by atoms with Gasteiger partial charge in [0.1, 0.15) is 13.1 Å². The number of quaternary nitrogens is 1. The lowest BCUT2D eigenvalue weighted by Gasteiger charge is -2.41. The van der Waals surface area contributed by atoms with Gasteiger partial charge in [-0.3, -0.25) is 14.5 Å². The monoisotopic (exact) mass is 426 g/mol. The van der Waals surface area contributed by atoms with Gasteiger partial charge < -0.3 is 10.1 Å². The summed E-state index contributed by atoms with van der Waals surface area (Å²) >= 11 is 0. The fourth-order valence-electron chi connectivity index (χ4n) is 3.52. The molecule has 1 saturated heterocycles. The second kappa shape index (κ2) is 10.6. The van der Waals surface area contributed by atoms with Crippen LogP contribution in [0, 0.1) is 0 Å². The number of pyridine rings is 1. The van der Waals surface area contributed by atoms with Crippen molar-refractivity contribution in [2.24, 2.45) is 0 Å². The molecule has 0 atom stereocenters. The SMILES string of the molecule is CCOC(=O)C(=O)N[N+]1(c2ccccn2)CCN(CCC(=O)Nc2ccccc2)CC1. The molecule has 1 aromatic heterocycles. The molecule has 0 radical (unpaired) electrons. The molecular formula is C22H28N5O4+. The topological polar surface area (TPSA) is 101 Å². The maximum Gasteiger partial charge on any atom is 0.401 e. The second-order valence-corrected chi connectivity index (χ2v) is 7.27. The molecule has 2 aromatic rings. The predicted octanol–water partition coefficient (Wildman–Crippen LogP) is 1.33. The number of carbonyl (C=O) groups excluding carboxylic acids is 3. The molecule has 1 aliphatic rings. The Morgan fingerprint density at radius 1 is 1.06 bits per heavy atom. The van der Waals surface area contributed by atoms with E-state index in [1.807, 2.05) is 42.5 Å². The Morgan fingerprint density at radius 3 is 2.42 bits per heavy atom. The molecule has 9 nitrogen and oxygen atoms in total. The van der Waals surface area contributed by atoms with Crippen LogP contribution in [0.3, 0.4) is 0 Å². The summed E-state index contributed by atoms with van der Waals surface area (Å²) in [4.78, 5) is 43.0. The molecule has 0 saturated carbocycles. The van der Waals surface area contributed by atoms with Crippen molar-refractivity contribution in [2.75, 3.05) is 44.6 Å². The van der Waals surface area contributed by atoms with Crippen molar-refractivity contribution in [3.8, 4) is 0 Å². The van der Waals surface area contributed by atoms with E-state index in [1.54, 1.807) is 19.2 Å². The minimum atomic E-state index is -0.907. The molecule has 31 heavy (non-hydrogen) atoms. The van der Waals surface area contributed by atoms with Gasteiger partial charge in [0.05, 0.1) is 19.7 Å². The van der Waals surface area contributed by atoms with Crippen molar-refractivity contribution >= 4 is 29.3 Å². The van der Waals surface area contributed by atoms with Crippen LogP contribution < -0.4 is 15.3 Å². The lowest BCUT2D eigenvalue weighted by molar-refractivity contribution is -0.157. The number of carbonyl (C=O) groups is 3. The first-order valence-electron chi connectivity index (χ1n) is 10.4. The number of para-hydroxylation sites is 1. The zero-order chi connectivity index (χ0) is 22.1. The van der Waals surface area contributed by atoms with Crippen molar-refractivity contribution in [2.45, 2.75) is 13.3 Å². The van der Waals surface area contributed by atoms with Crippen LogP contribution in [-0.4, -0.2) is 67.0 Å². The van der Waals surface area contributed by atoms with E-state index in [1.165, 1.54) is 0 Å². The van der Waals surface area contributed by atoms with Gasteiger partial charge in [0, 0.05) is 30.9 Å². The molecule has 1 fully saturated rings. The molecular weight excluding hydrogens is 398 g/mol. The van der Waals surface area contributed by atoms with Crippen molar-refractivity contribution in [3.63, 3.8) is 0 Å². The zero-order valence-corrected chi connectivity index (χ0v) is 17.6. The smallest absolute Gasteiger partial charge is 0.401 e. The number of hydrogen-bond acceptors (Lipinski definition) is 6. The van der Waals surface area contributed by atoms with Gasteiger partial charge in [-0.05, 0) is 25.1 Å². The van der Waals surface area contributed by atoms with Gasteiger partial charge in [-0.25, -0.2) is 9.78 Å². The van der Waals surface area contributed by atoms with Gasteiger partial charge in [0.2, 0.25) is 5.91 Å². The van der Waals surface area contributed by atoms with Crippen LogP contribution in [0.1, 0.15) is 13.3 Å². The summed E-state index contributed by atoms with van der Waals surface area (Å²) in [6, 6.07) is 14.8. The Bertz CT molecular complexity index is 883. The van der Waals surface area contributed by atoms with Crippen LogP contribution in [0.5, 0.6) is 0 Å². The fourth-order valence-corrected chi connectivity index (χ4v) is 3.52. The van der Waals surface area contributed by atoms with Gasteiger partial charge in [0.15, 0.2) is 0 Å². The van der Waals surface area contributed by atoms with Crippen LogP contribution >= 0.6 is 0 Å². The molecule has 0 unspecified atom stereocenters. The molecule has 0 bridgehead atoms. The Morgan fingerprint density at radius 2 is 1.77 bits per heavy atom. The van der Waals surface area contributed by atoms with E-state index in [-0.39, 0.29) is 17.1 Å². The number of aromatic nitrogens is 1. The van der Waals surface area contributed by atoms with Crippen LogP contribution in [0.4, 0.5) is 11.5 Å². The van der Waals surface area contributed by atoms with Crippen molar-refractivity contribution in [1.29, 1.82) is 0 Å². The van der Waals surface area contributed by atoms with Crippen molar-refractivity contribution in [1.82, 2.24) is 19.9 Å². The molecule has 2 amide bonds. The van der Waals surface area contributed by atoms with Crippen molar-refractivity contribution < 1.29 is 19.1 Å². The summed E-state index contributed by atoms with van der Waals surface area (Å²) in [6.07, 6.45) is 2.03. The van der Waals surface area contributed by atoms with Crippen molar-refractivity contribution in [3.05, 3.63) is 54.7 Å². The number of hydrogen-bond donors (Lipinski definition) is 2. The molecule has 0 spiro atoms. The fraction of sp³-hybridized carbons (Fsp3) is 0.364. The quantitative estimate of drug-likeness (QED) is 0.394. The third kappa shape index (κ3) is 6.09. The first kappa shape index (κ1) is 22.4. The van der Waals surface area contributed by atoms with E-state index >= 15 is 0 Å².